The minimum absolute atomic E-state index is 0.107. The molecule has 7 heteroatoms. The maximum Gasteiger partial charge on any atom is 0.411 e. The van der Waals surface area contributed by atoms with E-state index in [4.69, 9.17) is 14.2 Å². The van der Waals surface area contributed by atoms with Gasteiger partial charge in [0.15, 0.2) is 6.04 Å². The lowest BCUT2D eigenvalue weighted by Crippen LogP contribution is -2.48. The minimum Gasteiger partial charge on any atom is -0.467 e. The highest BCUT2D eigenvalue weighted by Crippen LogP contribution is 2.35. The van der Waals surface area contributed by atoms with Crippen molar-refractivity contribution in [3.05, 3.63) is 0 Å². The average molecular weight is 354 g/mol. The molecule has 2 saturated heterocycles. The summed E-state index contributed by atoms with van der Waals surface area (Å²) in [5.74, 6) is -0.331. The summed E-state index contributed by atoms with van der Waals surface area (Å²) in [5, 5.41) is 3.65. The molecule has 3 aliphatic rings. The van der Waals surface area contributed by atoms with Crippen molar-refractivity contribution in [2.24, 2.45) is 5.92 Å². The van der Waals surface area contributed by atoms with E-state index >= 15 is 0 Å². The molecule has 3 fully saturated rings. The first-order chi connectivity index (χ1) is 11.8. The monoisotopic (exact) mass is 354 g/mol. The van der Waals surface area contributed by atoms with Crippen molar-refractivity contribution >= 4 is 12.1 Å². The zero-order valence-electron chi connectivity index (χ0n) is 15.6. The van der Waals surface area contributed by atoms with Gasteiger partial charge in [0.05, 0.1) is 13.2 Å². The predicted molar refractivity (Wildman–Crippen MR) is 91.2 cm³/mol. The molecule has 0 aromatic rings. The summed E-state index contributed by atoms with van der Waals surface area (Å²) < 4.78 is 16.5. The molecule has 0 aromatic carbocycles. The third-order valence-corrected chi connectivity index (χ3v) is 5.03. The van der Waals surface area contributed by atoms with Crippen molar-refractivity contribution in [2.75, 3.05) is 20.3 Å². The maximum atomic E-state index is 12.6. The van der Waals surface area contributed by atoms with Gasteiger partial charge in [0.25, 0.3) is 0 Å². The maximum absolute atomic E-state index is 12.6. The van der Waals surface area contributed by atoms with Crippen molar-refractivity contribution in [3.63, 3.8) is 0 Å². The SMILES string of the molecule is COC(=O)[C@@H]1[C@@H]2OCCC(NC3CC3)C[C@H]2CN1C(=O)OC(C)(C)C. The Morgan fingerprint density at radius 1 is 1.16 bits per heavy atom. The van der Waals surface area contributed by atoms with Gasteiger partial charge < -0.3 is 19.5 Å². The number of hydrogen-bond acceptors (Lipinski definition) is 6. The van der Waals surface area contributed by atoms with Crippen LogP contribution in [0, 0.1) is 5.92 Å². The number of nitrogens with zero attached hydrogens (tertiary/aromatic N) is 1. The Bertz CT molecular complexity index is 514. The summed E-state index contributed by atoms with van der Waals surface area (Å²) in [6.07, 6.45) is 3.50. The lowest BCUT2D eigenvalue weighted by atomic mass is 9.94. The van der Waals surface area contributed by atoms with Crippen molar-refractivity contribution in [1.82, 2.24) is 10.2 Å². The summed E-state index contributed by atoms with van der Waals surface area (Å²) in [5.41, 5.74) is -0.612. The molecule has 2 heterocycles. The molecule has 1 unspecified atom stereocenters. The van der Waals surface area contributed by atoms with Crippen LogP contribution in [0.4, 0.5) is 4.79 Å². The van der Waals surface area contributed by atoms with E-state index in [0.717, 1.165) is 12.8 Å². The molecule has 1 amide bonds. The largest absolute Gasteiger partial charge is 0.467 e. The fourth-order valence-corrected chi connectivity index (χ4v) is 3.80. The van der Waals surface area contributed by atoms with Gasteiger partial charge in [-0.2, -0.15) is 0 Å². The normalized spacial score (nSPS) is 32.7. The topological polar surface area (TPSA) is 77.1 Å². The minimum atomic E-state index is -0.732. The number of carbonyl (C=O) groups excluding carboxylic acids is 2. The first-order valence-electron chi connectivity index (χ1n) is 9.23. The van der Waals surface area contributed by atoms with Gasteiger partial charge in [0, 0.05) is 31.2 Å². The molecule has 1 saturated carbocycles. The number of nitrogens with one attached hydrogen (secondary N) is 1. The average Bonchev–Trinajstić information content (AvgIpc) is 3.29. The Balaban J connectivity index is 1.74. The molecule has 0 bridgehead atoms. The van der Waals surface area contributed by atoms with Crippen molar-refractivity contribution in [1.29, 1.82) is 0 Å². The molecule has 2 aliphatic heterocycles. The van der Waals surface area contributed by atoms with Gasteiger partial charge in [-0.15, -0.1) is 0 Å². The number of hydrogen-bond donors (Lipinski definition) is 1. The second kappa shape index (κ2) is 7.11. The number of esters is 1. The second-order valence-electron chi connectivity index (χ2n) is 8.36. The summed E-state index contributed by atoms with van der Waals surface area (Å²) >= 11 is 0. The molecule has 1 N–H and O–H groups in total. The second-order valence-corrected chi connectivity index (χ2v) is 8.36. The van der Waals surface area contributed by atoms with E-state index in [9.17, 15) is 9.59 Å². The van der Waals surface area contributed by atoms with Crippen molar-refractivity contribution < 1.29 is 23.8 Å². The smallest absolute Gasteiger partial charge is 0.411 e. The van der Waals surface area contributed by atoms with Crippen LogP contribution in [-0.2, 0) is 19.0 Å². The van der Waals surface area contributed by atoms with Crippen LogP contribution in [0.3, 0.4) is 0 Å². The number of likely N-dealkylation sites (tertiary alicyclic amines) is 1. The molecule has 4 atom stereocenters. The van der Waals surface area contributed by atoms with Crippen LogP contribution < -0.4 is 5.32 Å². The highest BCUT2D eigenvalue weighted by molar-refractivity contribution is 5.83. The lowest BCUT2D eigenvalue weighted by Gasteiger charge is -2.28. The van der Waals surface area contributed by atoms with E-state index in [1.54, 1.807) is 0 Å². The number of methoxy groups -OCH3 is 1. The van der Waals surface area contributed by atoms with Gasteiger partial charge in [0.1, 0.15) is 5.60 Å². The highest BCUT2D eigenvalue weighted by Gasteiger charge is 2.51. The first kappa shape index (κ1) is 18.5. The van der Waals surface area contributed by atoms with E-state index in [1.165, 1.54) is 24.9 Å². The van der Waals surface area contributed by atoms with Crippen LogP contribution in [0.2, 0.25) is 0 Å². The lowest BCUT2D eigenvalue weighted by molar-refractivity contribution is -0.150. The standard InChI is InChI=1S/C18H30N2O5/c1-18(2,3)25-17(22)20-10-11-9-13(19-12-5-6-12)7-8-24-15(11)14(20)16(21)23-4/h11-15,19H,5-10H2,1-4H3/t11-,13?,14-,15+/m0/s1. The first-order valence-corrected chi connectivity index (χ1v) is 9.23. The number of carbonyl (C=O) groups is 2. The van der Waals surface area contributed by atoms with Gasteiger partial charge in [-0.25, -0.2) is 9.59 Å². The summed E-state index contributed by atoms with van der Waals surface area (Å²) in [7, 11) is 1.34. The Labute approximate surface area is 149 Å². The van der Waals surface area contributed by atoms with E-state index in [-0.39, 0.29) is 12.0 Å². The van der Waals surface area contributed by atoms with E-state index in [0.29, 0.717) is 25.2 Å². The van der Waals surface area contributed by atoms with Crippen LogP contribution in [0.15, 0.2) is 0 Å². The van der Waals surface area contributed by atoms with Crippen LogP contribution in [0.25, 0.3) is 0 Å². The number of ether oxygens (including phenoxy) is 3. The highest BCUT2D eigenvalue weighted by atomic mass is 16.6. The molecule has 25 heavy (non-hydrogen) atoms. The Hall–Kier alpha value is -1.34. The van der Waals surface area contributed by atoms with Crippen LogP contribution >= 0.6 is 0 Å². The Kier molecular flexibility index (Phi) is 5.25. The number of fused-ring (bicyclic) bond motifs is 1. The predicted octanol–water partition coefficient (Wildman–Crippen LogP) is 1.69. The third-order valence-electron chi connectivity index (χ3n) is 5.03. The molecule has 1 aliphatic carbocycles. The summed E-state index contributed by atoms with van der Waals surface area (Å²) in [6.45, 7) is 6.50. The molecule has 0 spiro atoms. The molecular formula is C18H30N2O5. The van der Waals surface area contributed by atoms with Gasteiger partial charge in [0.2, 0.25) is 0 Å². The summed E-state index contributed by atoms with van der Waals surface area (Å²) in [4.78, 5) is 26.5. The van der Waals surface area contributed by atoms with Gasteiger partial charge in [-0.1, -0.05) is 0 Å². The number of rotatable bonds is 3. The number of amides is 1. The molecule has 3 rings (SSSR count). The molecule has 0 aromatic heterocycles. The molecule has 7 nitrogen and oxygen atoms in total. The third kappa shape index (κ3) is 4.44. The van der Waals surface area contributed by atoms with Gasteiger partial charge in [-0.3, -0.25) is 4.90 Å². The van der Waals surface area contributed by atoms with Crippen LogP contribution in [0.5, 0.6) is 0 Å². The molecule has 142 valence electrons. The van der Waals surface area contributed by atoms with E-state index < -0.39 is 23.7 Å². The fraction of sp³-hybridized carbons (Fsp3) is 0.889. The van der Waals surface area contributed by atoms with Crippen LogP contribution in [0.1, 0.15) is 46.5 Å². The Morgan fingerprint density at radius 3 is 2.48 bits per heavy atom. The van der Waals surface area contributed by atoms with Gasteiger partial charge in [-0.05, 0) is 46.5 Å². The van der Waals surface area contributed by atoms with Crippen LogP contribution in [-0.4, -0.2) is 67.1 Å². The fourth-order valence-electron chi connectivity index (χ4n) is 3.80. The molecule has 0 radical (unpaired) electrons. The van der Waals surface area contributed by atoms with E-state index in [1.807, 2.05) is 20.8 Å². The van der Waals surface area contributed by atoms with Crippen molar-refractivity contribution in [3.8, 4) is 0 Å². The zero-order valence-corrected chi connectivity index (χ0v) is 15.6. The Morgan fingerprint density at radius 2 is 1.88 bits per heavy atom. The van der Waals surface area contributed by atoms with E-state index in [2.05, 4.69) is 5.32 Å². The quantitative estimate of drug-likeness (QED) is 0.777. The van der Waals surface area contributed by atoms with Crippen molar-refractivity contribution in [2.45, 2.75) is 76.3 Å². The zero-order chi connectivity index (χ0) is 18.2. The molecular weight excluding hydrogens is 324 g/mol. The summed E-state index contributed by atoms with van der Waals surface area (Å²) in [6, 6.07) is 0.269. The van der Waals surface area contributed by atoms with Gasteiger partial charge >= 0.3 is 12.1 Å².